The number of nitrogens with zero attached hydrogens (tertiary/aromatic N) is 1. The highest BCUT2D eigenvalue weighted by Crippen LogP contribution is 2.47. The first-order valence-corrected chi connectivity index (χ1v) is 7.19. The molecule has 0 bridgehead atoms. The molecule has 0 radical (unpaired) electrons. The van der Waals surface area contributed by atoms with E-state index in [9.17, 15) is 4.79 Å². The van der Waals surface area contributed by atoms with Crippen LogP contribution in [-0.4, -0.2) is 12.1 Å². The highest BCUT2D eigenvalue weighted by Gasteiger charge is 2.43. The van der Waals surface area contributed by atoms with Gasteiger partial charge in [0.2, 0.25) is 5.91 Å². The standard InChI is InChI=1S/C15H14N2OS/c18-15(17-16-9-11-6-7-19-10-11)14-8-13(14)12-4-2-1-3-5-12/h1-7,9-10,13-14H,8H2,(H,17,18)/b16-9-/t13-,14+/m1/s1. The van der Waals surface area contributed by atoms with Crippen LogP contribution in [0.2, 0.25) is 0 Å². The van der Waals surface area contributed by atoms with Gasteiger partial charge in [-0.05, 0) is 34.7 Å². The Hall–Kier alpha value is -1.94. The van der Waals surface area contributed by atoms with Crippen molar-refractivity contribution in [2.45, 2.75) is 12.3 Å². The number of benzene rings is 1. The topological polar surface area (TPSA) is 41.5 Å². The molecule has 4 heteroatoms. The molecular weight excluding hydrogens is 256 g/mol. The molecule has 96 valence electrons. The predicted octanol–water partition coefficient (Wildman–Crippen LogP) is 3.00. The van der Waals surface area contributed by atoms with Crippen molar-refractivity contribution in [1.29, 1.82) is 0 Å². The molecule has 3 nitrogen and oxygen atoms in total. The van der Waals surface area contributed by atoms with E-state index in [0.29, 0.717) is 5.92 Å². The second kappa shape index (κ2) is 5.36. The van der Waals surface area contributed by atoms with Crippen molar-refractivity contribution in [3.63, 3.8) is 0 Å². The lowest BCUT2D eigenvalue weighted by atomic mass is 10.1. The average Bonchev–Trinajstić information content (AvgIpc) is 3.09. The predicted molar refractivity (Wildman–Crippen MR) is 77.3 cm³/mol. The first kappa shape index (κ1) is 12.1. The summed E-state index contributed by atoms with van der Waals surface area (Å²) < 4.78 is 0. The van der Waals surface area contributed by atoms with Crippen LogP contribution in [0.5, 0.6) is 0 Å². The molecule has 1 aliphatic rings. The van der Waals surface area contributed by atoms with Gasteiger partial charge in [-0.3, -0.25) is 4.79 Å². The van der Waals surface area contributed by atoms with Crippen molar-refractivity contribution in [3.8, 4) is 0 Å². The summed E-state index contributed by atoms with van der Waals surface area (Å²) in [6.07, 6.45) is 2.60. The van der Waals surface area contributed by atoms with Gasteiger partial charge in [-0.15, -0.1) is 0 Å². The maximum absolute atomic E-state index is 11.9. The van der Waals surface area contributed by atoms with Crippen molar-refractivity contribution in [2.75, 3.05) is 0 Å². The Morgan fingerprint density at radius 3 is 2.89 bits per heavy atom. The minimum absolute atomic E-state index is 0.0142. The van der Waals surface area contributed by atoms with Gasteiger partial charge >= 0.3 is 0 Å². The van der Waals surface area contributed by atoms with Gasteiger partial charge in [0.05, 0.1) is 6.21 Å². The smallest absolute Gasteiger partial charge is 0.243 e. The minimum Gasteiger partial charge on any atom is -0.273 e. The van der Waals surface area contributed by atoms with E-state index in [1.165, 1.54) is 5.56 Å². The molecule has 2 atom stereocenters. The van der Waals surface area contributed by atoms with Crippen LogP contribution in [0, 0.1) is 5.92 Å². The van der Waals surface area contributed by atoms with Crippen LogP contribution in [0.3, 0.4) is 0 Å². The molecule has 1 amide bonds. The van der Waals surface area contributed by atoms with Gasteiger partial charge in [-0.2, -0.15) is 16.4 Å². The zero-order valence-electron chi connectivity index (χ0n) is 10.3. The molecule has 1 fully saturated rings. The third-order valence-electron chi connectivity index (χ3n) is 3.29. The number of carbonyl (C=O) groups excluding carboxylic acids is 1. The Morgan fingerprint density at radius 1 is 1.32 bits per heavy atom. The largest absolute Gasteiger partial charge is 0.273 e. The van der Waals surface area contributed by atoms with Gasteiger partial charge in [-0.25, -0.2) is 5.43 Å². The summed E-state index contributed by atoms with van der Waals surface area (Å²) in [6.45, 7) is 0. The SMILES string of the molecule is O=C(N/N=C\c1ccsc1)[C@H]1C[C@@H]1c1ccccc1. The third-order valence-corrected chi connectivity index (χ3v) is 3.99. The third kappa shape index (κ3) is 2.90. The molecular formula is C15H14N2OS. The summed E-state index contributed by atoms with van der Waals surface area (Å²) in [5.41, 5.74) is 4.87. The average molecular weight is 270 g/mol. The van der Waals surface area contributed by atoms with Gasteiger partial charge < -0.3 is 0 Å². The van der Waals surface area contributed by atoms with E-state index in [0.717, 1.165) is 12.0 Å². The number of amides is 1. The Morgan fingerprint density at radius 2 is 2.16 bits per heavy atom. The van der Waals surface area contributed by atoms with Crippen LogP contribution >= 0.6 is 11.3 Å². The van der Waals surface area contributed by atoms with Crippen molar-refractivity contribution >= 4 is 23.5 Å². The first-order chi connectivity index (χ1) is 9.34. The maximum atomic E-state index is 11.9. The van der Waals surface area contributed by atoms with Crippen molar-refractivity contribution in [1.82, 2.24) is 5.43 Å². The fourth-order valence-electron chi connectivity index (χ4n) is 2.16. The molecule has 2 aromatic rings. The van der Waals surface area contributed by atoms with E-state index >= 15 is 0 Å². The van der Waals surface area contributed by atoms with Crippen molar-refractivity contribution < 1.29 is 4.79 Å². The molecule has 1 aromatic carbocycles. The lowest BCUT2D eigenvalue weighted by Crippen LogP contribution is -2.20. The molecule has 1 saturated carbocycles. The molecule has 0 saturated heterocycles. The van der Waals surface area contributed by atoms with Crippen LogP contribution in [0.1, 0.15) is 23.5 Å². The fraction of sp³-hybridized carbons (Fsp3) is 0.200. The van der Waals surface area contributed by atoms with Crippen LogP contribution in [0.4, 0.5) is 0 Å². The lowest BCUT2D eigenvalue weighted by Gasteiger charge is -1.99. The van der Waals surface area contributed by atoms with E-state index in [1.807, 2.05) is 35.0 Å². The van der Waals surface area contributed by atoms with Gasteiger partial charge in [0, 0.05) is 11.5 Å². The Kier molecular flexibility index (Phi) is 3.42. The Labute approximate surface area is 116 Å². The monoisotopic (exact) mass is 270 g/mol. The van der Waals surface area contributed by atoms with Crippen LogP contribution in [0.25, 0.3) is 0 Å². The summed E-state index contributed by atoms with van der Waals surface area (Å²) in [5.74, 6) is 0.444. The molecule has 19 heavy (non-hydrogen) atoms. The van der Waals surface area contributed by atoms with Crippen LogP contribution in [-0.2, 0) is 4.79 Å². The molecule has 1 aromatic heterocycles. The zero-order valence-corrected chi connectivity index (χ0v) is 11.1. The number of carbonyl (C=O) groups is 1. The minimum atomic E-state index is 0.0142. The maximum Gasteiger partial charge on any atom is 0.243 e. The van der Waals surface area contributed by atoms with Gasteiger partial charge in [0.1, 0.15) is 0 Å². The first-order valence-electron chi connectivity index (χ1n) is 6.24. The summed E-state index contributed by atoms with van der Waals surface area (Å²) in [5, 5.41) is 7.95. The van der Waals surface area contributed by atoms with E-state index in [1.54, 1.807) is 17.6 Å². The van der Waals surface area contributed by atoms with E-state index in [-0.39, 0.29) is 11.8 Å². The number of hydrogen-bond acceptors (Lipinski definition) is 3. The van der Waals surface area contributed by atoms with E-state index < -0.39 is 0 Å². The zero-order chi connectivity index (χ0) is 13.1. The summed E-state index contributed by atoms with van der Waals surface area (Å²) >= 11 is 1.61. The normalized spacial score (nSPS) is 21.5. The summed E-state index contributed by atoms with van der Waals surface area (Å²) in [6, 6.07) is 12.1. The molecule has 1 aliphatic carbocycles. The second-order valence-corrected chi connectivity index (χ2v) is 5.43. The quantitative estimate of drug-likeness (QED) is 0.673. The number of nitrogens with one attached hydrogen (secondary N) is 1. The molecule has 0 unspecified atom stereocenters. The Bertz CT molecular complexity index is 577. The number of hydrazone groups is 1. The van der Waals surface area contributed by atoms with E-state index in [4.69, 9.17) is 0 Å². The van der Waals surface area contributed by atoms with Crippen molar-refractivity contribution in [2.24, 2.45) is 11.0 Å². The fourth-order valence-corrected chi connectivity index (χ4v) is 2.77. The second-order valence-electron chi connectivity index (χ2n) is 4.65. The van der Waals surface area contributed by atoms with Gasteiger partial charge in [-0.1, -0.05) is 30.3 Å². The summed E-state index contributed by atoms with van der Waals surface area (Å²) in [7, 11) is 0. The molecule has 3 rings (SSSR count). The summed E-state index contributed by atoms with van der Waals surface area (Å²) in [4.78, 5) is 11.9. The van der Waals surface area contributed by atoms with Gasteiger partial charge in [0.15, 0.2) is 0 Å². The molecule has 1 heterocycles. The number of hydrogen-bond donors (Lipinski definition) is 1. The molecule has 1 N–H and O–H groups in total. The number of rotatable bonds is 4. The van der Waals surface area contributed by atoms with Crippen LogP contribution in [0.15, 0.2) is 52.3 Å². The highest BCUT2D eigenvalue weighted by molar-refractivity contribution is 7.08. The molecule has 0 aliphatic heterocycles. The van der Waals surface area contributed by atoms with Gasteiger partial charge in [0.25, 0.3) is 0 Å². The molecule has 0 spiro atoms. The number of thiophene rings is 1. The van der Waals surface area contributed by atoms with E-state index in [2.05, 4.69) is 22.7 Å². The lowest BCUT2D eigenvalue weighted by molar-refractivity contribution is -0.122. The van der Waals surface area contributed by atoms with Crippen molar-refractivity contribution in [3.05, 3.63) is 58.3 Å². The van der Waals surface area contributed by atoms with Crippen LogP contribution < -0.4 is 5.43 Å². The Balaban J connectivity index is 1.53. The highest BCUT2D eigenvalue weighted by atomic mass is 32.1.